The van der Waals surface area contributed by atoms with E-state index in [9.17, 15) is 9.50 Å². The number of rotatable bonds is 3. The van der Waals surface area contributed by atoms with Crippen molar-refractivity contribution in [1.82, 2.24) is 5.32 Å². The van der Waals surface area contributed by atoms with Crippen molar-refractivity contribution in [1.29, 1.82) is 0 Å². The van der Waals surface area contributed by atoms with Gasteiger partial charge in [0.25, 0.3) is 0 Å². The Balaban J connectivity index is 1.84. The van der Waals surface area contributed by atoms with Crippen LogP contribution >= 0.6 is 0 Å². The Morgan fingerprint density at radius 1 is 1.20 bits per heavy atom. The fraction of sp³-hybridized carbons (Fsp3) is 0.647. The minimum Gasteiger partial charge on any atom is -0.394 e. The molecule has 1 unspecified atom stereocenters. The van der Waals surface area contributed by atoms with Crippen molar-refractivity contribution in [3.8, 4) is 0 Å². The first kappa shape index (κ1) is 14.0. The van der Waals surface area contributed by atoms with Gasteiger partial charge in [-0.15, -0.1) is 0 Å². The summed E-state index contributed by atoms with van der Waals surface area (Å²) >= 11 is 0. The van der Waals surface area contributed by atoms with E-state index in [1.54, 1.807) is 6.07 Å². The maximum atomic E-state index is 13.9. The number of aliphatic hydroxyl groups is 1. The van der Waals surface area contributed by atoms with Crippen LogP contribution in [0.2, 0.25) is 0 Å². The fourth-order valence-corrected chi connectivity index (χ4v) is 3.91. The SMILES string of the molecule is OCC1(NC2CCCCCC2)CCc2c(F)cccc21. The van der Waals surface area contributed by atoms with Crippen LogP contribution in [0.15, 0.2) is 18.2 Å². The Morgan fingerprint density at radius 2 is 1.95 bits per heavy atom. The molecule has 0 aromatic heterocycles. The van der Waals surface area contributed by atoms with Gasteiger partial charge in [-0.2, -0.15) is 0 Å². The van der Waals surface area contributed by atoms with Crippen LogP contribution in [0.1, 0.15) is 56.1 Å². The van der Waals surface area contributed by atoms with E-state index in [2.05, 4.69) is 5.32 Å². The van der Waals surface area contributed by atoms with Gasteiger partial charge in [-0.25, -0.2) is 4.39 Å². The third-order valence-corrected chi connectivity index (χ3v) is 5.04. The van der Waals surface area contributed by atoms with Gasteiger partial charge in [0.15, 0.2) is 0 Å². The van der Waals surface area contributed by atoms with E-state index in [1.165, 1.54) is 44.6 Å². The fourth-order valence-electron chi connectivity index (χ4n) is 3.91. The lowest BCUT2D eigenvalue weighted by atomic mass is 9.90. The largest absolute Gasteiger partial charge is 0.394 e. The molecule has 2 nitrogen and oxygen atoms in total. The summed E-state index contributed by atoms with van der Waals surface area (Å²) in [5.74, 6) is -0.125. The molecule has 0 bridgehead atoms. The highest BCUT2D eigenvalue weighted by molar-refractivity contribution is 5.40. The van der Waals surface area contributed by atoms with Crippen LogP contribution in [0, 0.1) is 5.82 Å². The van der Waals surface area contributed by atoms with Crippen LogP contribution in [0.5, 0.6) is 0 Å². The molecule has 2 aliphatic rings. The Hall–Kier alpha value is -0.930. The van der Waals surface area contributed by atoms with Crippen molar-refractivity contribution >= 4 is 0 Å². The predicted octanol–water partition coefficient (Wildman–Crippen LogP) is 3.27. The lowest BCUT2D eigenvalue weighted by Crippen LogP contribution is -2.49. The van der Waals surface area contributed by atoms with Gasteiger partial charge in [0, 0.05) is 6.04 Å². The lowest BCUT2D eigenvalue weighted by Gasteiger charge is -2.34. The summed E-state index contributed by atoms with van der Waals surface area (Å²) in [6, 6.07) is 5.72. The second-order valence-electron chi connectivity index (χ2n) is 6.34. The first-order chi connectivity index (χ1) is 9.75. The van der Waals surface area contributed by atoms with E-state index in [0.29, 0.717) is 6.04 Å². The molecular formula is C17H24FNO. The molecular weight excluding hydrogens is 253 g/mol. The summed E-state index contributed by atoms with van der Waals surface area (Å²) in [5.41, 5.74) is 1.35. The highest BCUT2D eigenvalue weighted by Crippen LogP contribution is 2.39. The third-order valence-electron chi connectivity index (χ3n) is 5.04. The second kappa shape index (κ2) is 5.82. The van der Waals surface area contributed by atoms with Crippen molar-refractivity contribution < 1.29 is 9.50 Å². The van der Waals surface area contributed by atoms with Crippen LogP contribution in [0.25, 0.3) is 0 Å². The Morgan fingerprint density at radius 3 is 2.65 bits per heavy atom. The maximum absolute atomic E-state index is 13.9. The molecule has 0 aliphatic heterocycles. The van der Waals surface area contributed by atoms with Crippen molar-refractivity contribution in [3.63, 3.8) is 0 Å². The molecule has 1 saturated carbocycles. The average Bonchev–Trinajstić information content (AvgIpc) is 2.65. The van der Waals surface area contributed by atoms with Gasteiger partial charge in [-0.3, -0.25) is 0 Å². The molecule has 1 aromatic carbocycles. The van der Waals surface area contributed by atoms with Crippen molar-refractivity contribution in [2.24, 2.45) is 0 Å². The van der Waals surface area contributed by atoms with E-state index in [4.69, 9.17) is 0 Å². The van der Waals surface area contributed by atoms with Gasteiger partial charge in [-0.05, 0) is 42.9 Å². The molecule has 20 heavy (non-hydrogen) atoms. The number of nitrogens with one attached hydrogen (secondary N) is 1. The van der Waals surface area contributed by atoms with Crippen LogP contribution < -0.4 is 5.32 Å². The van der Waals surface area contributed by atoms with E-state index in [0.717, 1.165) is 24.0 Å². The summed E-state index contributed by atoms with van der Waals surface area (Å²) in [6.45, 7) is 0.0555. The Kier molecular flexibility index (Phi) is 4.08. The monoisotopic (exact) mass is 277 g/mol. The van der Waals surface area contributed by atoms with Crippen LogP contribution in [-0.4, -0.2) is 17.8 Å². The second-order valence-corrected chi connectivity index (χ2v) is 6.34. The number of hydrogen-bond donors (Lipinski definition) is 2. The topological polar surface area (TPSA) is 32.3 Å². The maximum Gasteiger partial charge on any atom is 0.126 e. The molecule has 3 rings (SSSR count). The minimum atomic E-state index is -0.424. The first-order valence-electron chi connectivity index (χ1n) is 7.92. The number of fused-ring (bicyclic) bond motifs is 1. The minimum absolute atomic E-state index is 0.0555. The van der Waals surface area contributed by atoms with Crippen molar-refractivity contribution in [2.75, 3.05) is 6.61 Å². The van der Waals surface area contributed by atoms with E-state index in [-0.39, 0.29) is 12.4 Å². The highest BCUT2D eigenvalue weighted by atomic mass is 19.1. The molecule has 3 heteroatoms. The molecule has 0 radical (unpaired) electrons. The van der Waals surface area contributed by atoms with Gasteiger partial charge in [0.2, 0.25) is 0 Å². The molecule has 0 amide bonds. The summed E-state index contributed by atoms with van der Waals surface area (Å²) in [4.78, 5) is 0. The highest BCUT2D eigenvalue weighted by Gasteiger charge is 2.40. The standard InChI is InChI=1S/C17H24FNO/c18-16-9-5-8-15-14(16)10-11-17(15,12-20)19-13-6-3-1-2-4-7-13/h5,8-9,13,19-20H,1-4,6-7,10-12H2. The molecule has 0 spiro atoms. The smallest absolute Gasteiger partial charge is 0.126 e. The summed E-state index contributed by atoms with van der Waals surface area (Å²) in [7, 11) is 0. The lowest BCUT2D eigenvalue weighted by molar-refractivity contribution is 0.142. The van der Waals surface area contributed by atoms with Crippen molar-refractivity contribution in [2.45, 2.75) is 62.9 Å². The normalized spacial score (nSPS) is 27.3. The molecule has 0 heterocycles. The van der Waals surface area contributed by atoms with Gasteiger partial charge < -0.3 is 10.4 Å². The molecule has 2 N–H and O–H groups in total. The average molecular weight is 277 g/mol. The van der Waals surface area contributed by atoms with Crippen LogP contribution in [0.4, 0.5) is 4.39 Å². The zero-order valence-corrected chi connectivity index (χ0v) is 12.0. The van der Waals surface area contributed by atoms with Crippen molar-refractivity contribution in [3.05, 3.63) is 35.1 Å². The molecule has 2 aliphatic carbocycles. The number of halogens is 1. The zero-order chi connectivity index (χ0) is 14.0. The van der Waals surface area contributed by atoms with Gasteiger partial charge in [-0.1, -0.05) is 37.8 Å². The number of benzene rings is 1. The van der Waals surface area contributed by atoms with Crippen LogP contribution in [0.3, 0.4) is 0 Å². The molecule has 1 fully saturated rings. The summed E-state index contributed by atoms with van der Waals surface area (Å²) in [5, 5.41) is 13.7. The van der Waals surface area contributed by atoms with Crippen LogP contribution in [-0.2, 0) is 12.0 Å². The molecule has 0 saturated heterocycles. The predicted molar refractivity (Wildman–Crippen MR) is 78.1 cm³/mol. The Labute approximate surface area is 120 Å². The van der Waals surface area contributed by atoms with E-state index >= 15 is 0 Å². The van der Waals surface area contributed by atoms with Gasteiger partial charge >= 0.3 is 0 Å². The number of aliphatic hydroxyl groups excluding tert-OH is 1. The Bertz CT molecular complexity index is 468. The number of hydrogen-bond acceptors (Lipinski definition) is 2. The third kappa shape index (κ3) is 2.49. The summed E-state index contributed by atoms with van der Waals surface area (Å²) < 4.78 is 13.9. The van der Waals surface area contributed by atoms with E-state index < -0.39 is 5.54 Å². The van der Waals surface area contributed by atoms with Gasteiger partial charge in [0.05, 0.1) is 12.1 Å². The quantitative estimate of drug-likeness (QED) is 0.831. The molecule has 1 atom stereocenters. The van der Waals surface area contributed by atoms with Gasteiger partial charge in [0.1, 0.15) is 5.82 Å². The zero-order valence-electron chi connectivity index (χ0n) is 12.0. The molecule has 110 valence electrons. The first-order valence-corrected chi connectivity index (χ1v) is 7.92. The van der Waals surface area contributed by atoms with E-state index in [1.807, 2.05) is 6.07 Å². The molecule has 1 aromatic rings. The summed E-state index contributed by atoms with van der Waals surface area (Å²) in [6.07, 6.45) is 9.02.